The van der Waals surface area contributed by atoms with E-state index >= 15 is 0 Å². The highest BCUT2D eigenvalue weighted by atomic mass is 16.5. The highest BCUT2D eigenvalue weighted by molar-refractivity contribution is 6.05. The number of likely N-dealkylation sites (tertiary alicyclic amines) is 1. The highest BCUT2D eigenvalue weighted by Gasteiger charge is 2.24. The Morgan fingerprint density at radius 3 is 2.36 bits per heavy atom. The molecule has 7 heteroatoms. The van der Waals surface area contributed by atoms with Crippen LogP contribution in [0.2, 0.25) is 0 Å². The van der Waals surface area contributed by atoms with Crippen molar-refractivity contribution in [1.29, 1.82) is 0 Å². The number of nitrogens with two attached hydrogens (primary N) is 1. The van der Waals surface area contributed by atoms with Crippen molar-refractivity contribution < 1.29 is 14.3 Å². The summed E-state index contributed by atoms with van der Waals surface area (Å²) >= 11 is 0. The van der Waals surface area contributed by atoms with E-state index in [9.17, 15) is 9.59 Å². The summed E-state index contributed by atoms with van der Waals surface area (Å²) in [7, 11) is 1.59. The van der Waals surface area contributed by atoms with E-state index in [1.54, 1.807) is 37.4 Å². The maximum atomic E-state index is 13.0. The summed E-state index contributed by atoms with van der Waals surface area (Å²) in [5, 5.41) is 6.14. The molecule has 1 aliphatic heterocycles. The molecule has 0 spiro atoms. The maximum absolute atomic E-state index is 13.0. The quantitative estimate of drug-likeness (QED) is 0.600. The van der Waals surface area contributed by atoms with Crippen molar-refractivity contribution in [2.45, 2.75) is 57.2 Å². The molecule has 7 nitrogen and oxygen atoms in total. The van der Waals surface area contributed by atoms with Crippen LogP contribution in [-0.2, 0) is 6.54 Å². The molecular formula is C26H34N4O3. The molecule has 2 fully saturated rings. The van der Waals surface area contributed by atoms with Gasteiger partial charge in [-0.25, -0.2) is 0 Å². The summed E-state index contributed by atoms with van der Waals surface area (Å²) in [5.41, 5.74) is 8.95. The Morgan fingerprint density at radius 1 is 0.970 bits per heavy atom. The first-order valence-electron chi connectivity index (χ1n) is 11.9. The second-order valence-electron chi connectivity index (χ2n) is 9.07. The van der Waals surface area contributed by atoms with Crippen LogP contribution in [0.4, 0.5) is 5.69 Å². The molecule has 2 aromatic carbocycles. The number of rotatable bonds is 7. The number of carbonyl (C=O) groups is 2. The lowest BCUT2D eigenvalue weighted by Gasteiger charge is -2.29. The fourth-order valence-electron chi connectivity index (χ4n) is 4.68. The molecule has 1 heterocycles. The molecule has 4 N–H and O–H groups in total. The second kappa shape index (κ2) is 10.8. The normalized spacial score (nSPS) is 20.9. The van der Waals surface area contributed by atoms with Crippen molar-refractivity contribution in [3.63, 3.8) is 0 Å². The Bertz CT molecular complexity index is 970. The lowest BCUT2D eigenvalue weighted by atomic mass is 9.91. The van der Waals surface area contributed by atoms with Gasteiger partial charge in [0.05, 0.1) is 7.11 Å². The maximum Gasteiger partial charge on any atom is 0.255 e. The minimum absolute atomic E-state index is 0.00660. The fourth-order valence-corrected chi connectivity index (χ4v) is 4.68. The third kappa shape index (κ3) is 5.92. The predicted molar refractivity (Wildman–Crippen MR) is 130 cm³/mol. The lowest BCUT2D eigenvalue weighted by Crippen LogP contribution is -2.49. The van der Waals surface area contributed by atoms with E-state index in [2.05, 4.69) is 15.5 Å². The Hall–Kier alpha value is -2.90. The Kier molecular flexibility index (Phi) is 7.62. The summed E-state index contributed by atoms with van der Waals surface area (Å²) in [5.74, 6) is 0.332. The number of methoxy groups -OCH3 is 1. The van der Waals surface area contributed by atoms with E-state index in [1.807, 2.05) is 12.1 Å². The van der Waals surface area contributed by atoms with Gasteiger partial charge in [0.2, 0.25) is 0 Å². The van der Waals surface area contributed by atoms with Crippen molar-refractivity contribution in [3.8, 4) is 5.75 Å². The first kappa shape index (κ1) is 23.3. The van der Waals surface area contributed by atoms with Gasteiger partial charge in [-0.1, -0.05) is 18.9 Å². The number of nitrogens with zero attached hydrogens (tertiary/aromatic N) is 1. The topological polar surface area (TPSA) is 96.7 Å². The van der Waals surface area contributed by atoms with Gasteiger partial charge in [-0.3, -0.25) is 14.5 Å². The van der Waals surface area contributed by atoms with Gasteiger partial charge in [0.25, 0.3) is 11.8 Å². The van der Waals surface area contributed by atoms with Gasteiger partial charge in [-0.15, -0.1) is 0 Å². The predicted octanol–water partition coefficient (Wildman–Crippen LogP) is 3.54. The molecule has 2 unspecified atom stereocenters. The summed E-state index contributed by atoms with van der Waals surface area (Å²) in [6.45, 7) is 2.84. The monoisotopic (exact) mass is 450 g/mol. The van der Waals surface area contributed by atoms with Crippen molar-refractivity contribution in [3.05, 3.63) is 59.2 Å². The van der Waals surface area contributed by atoms with Gasteiger partial charge >= 0.3 is 0 Å². The van der Waals surface area contributed by atoms with Crippen molar-refractivity contribution in [2.24, 2.45) is 5.73 Å². The smallest absolute Gasteiger partial charge is 0.255 e. The van der Waals surface area contributed by atoms with E-state index in [-0.39, 0.29) is 23.9 Å². The minimum Gasteiger partial charge on any atom is -0.497 e. The Balaban J connectivity index is 1.54. The Morgan fingerprint density at radius 2 is 1.67 bits per heavy atom. The second-order valence-corrected chi connectivity index (χ2v) is 9.07. The number of amides is 2. The van der Waals surface area contributed by atoms with Crippen molar-refractivity contribution >= 4 is 17.5 Å². The average Bonchev–Trinajstić information content (AvgIpc) is 3.35. The molecule has 0 bridgehead atoms. The van der Waals surface area contributed by atoms with Crippen LogP contribution in [0.5, 0.6) is 5.75 Å². The number of hydrogen-bond donors (Lipinski definition) is 3. The summed E-state index contributed by atoms with van der Waals surface area (Å²) < 4.78 is 5.18. The van der Waals surface area contributed by atoms with Crippen LogP contribution in [0.3, 0.4) is 0 Å². The zero-order valence-electron chi connectivity index (χ0n) is 19.3. The zero-order chi connectivity index (χ0) is 23.2. The van der Waals surface area contributed by atoms with E-state index in [4.69, 9.17) is 10.5 Å². The minimum atomic E-state index is -0.216. The van der Waals surface area contributed by atoms with E-state index in [0.717, 1.165) is 50.9 Å². The average molecular weight is 451 g/mol. The van der Waals surface area contributed by atoms with Gasteiger partial charge in [0, 0.05) is 35.4 Å². The highest BCUT2D eigenvalue weighted by Crippen LogP contribution is 2.24. The molecule has 33 heavy (non-hydrogen) atoms. The number of anilines is 1. The van der Waals surface area contributed by atoms with Gasteiger partial charge in [0.15, 0.2) is 0 Å². The zero-order valence-corrected chi connectivity index (χ0v) is 19.3. The number of benzene rings is 2. The first-order chi connectivity index (χ1) is 16.0. The molecule has 2 aromatic rings. The molecule has 0 radical (unpaired) electrons. The number of ether oxygens (including phenoxy) is 1. The van der Waals surface area contributed by atoms with E-state index in [0.29, 0.717) is 22.6 Å². The molecular weight excluding hydrogens is 416 g/mol. The van der Waals surface area contributed by atoms with Crippen molar-refractivity contribution in [1.82, 2.24) is 10.2 Å². The van der Waals surface area contributed by atoms with Crippen LogP contribution in [-0.4, -0.2) is 49.0 Å². The van der Waals surface area contributed by atoms with Gasteiger partial charge in [-0.05, 0) is 80.7 Å². The molecule has 2 aliphatic rings. The van der Waals surface area contributed by atoms with Crippen LogP contribution in [0.25, 0.3) is 0 Å². The van der Waals surface area contributed by atoms with Gasteiger partial charge < -0.3 is 21.1 Å². The van der Waals surface area contributed by atoms with Crippen LogP contribution < -0.4 is 21.1 Å². The molecule has 176 valence electrons. The van der Waals surface area contributed by atoms with E-state index < -0.39 is 0 Å². The summed E-state index contributed by atoms with van der Waals surface area (Å²) in [4.78, 5) is 28.3. The fraction of sp³-hybridized carbons (Fsp3) is 0.462. The van der Waals surface area contributed by atoms with Crippen LogP contribution in [0, 0.1) is 0 Å². The van der Waals surface area contributed by atoms with Crippen LogP contribution in [0.1, 0.15) is 64.8 Å². The van der Waals surface area contributed by atoms with Gasteiger partial charge in [0.1, 0.15) is 5.75 Å². The molecule has 2 atom stereocenters. The number of carbonyl (C=O) groups excluding carboxylic acids is 2. The number of hydrogen-bond acceptors (Lipinski definition) is 5. The standard InChI is InChI=1S/C26H34N4O3/c1-33-21-12-10-18(11-13-21)25(31)29-24-16-19(8-9-20(24)17-30-14-4-5-15-30)26(32)28-23-7-3-2-6-22(23)27/h8-13,16,22-23H,2-7,14-15,17,27H2,1H3,(H,28,32)(H,29,31). The molecule has 1 saturated carbocycles. The third-order valence-electron chi connectivity index (χ3n) is 6.70. The lowest BCUT2D eigenvalue weighted by molar-refractivity contribution is 0.0920. The summed E-state index contributed by atoms with van der Waals surface area (Å²) in [6, 6.07) is 12.6. The first-order valence-corrected chi connectivity index (χ1v) is 11.9. The van der Waals surface area contributed by atoms with Crippen LogP contribution >= 0.6 is 0 Å². The van der Waals surface area contributed by atoms with Crippen LogP contribution in [0.15, 0.2) is 42.5 Å². The summed E-state index contributed by atoms with van der Waals surface area (Å²) in [6.07, 6.45) is 6.41. The number of nitrogens with one attached hydrogen (secondary N) is 2. The largest absolute Gasteiger partial charge is 0.497 e. The molecule has 2 amide bonds. The molecule has 4 rings (SSSR count). The van der Waals surface area contributed by atoms with E-state index in [1.165, 1.54) is 12.8 Å². The Labute approximate surface area is 195 Å². The molecule has 0 aromatic heterocycles. The molecule has 1 saturated heterocycles. The van der Waals surface area contributed by atoms with Crippen molar-refractivity contribution in [2.75, 3.05) is 25.5 Å². The van der Waals surface area contributed by atoms with Gasteiger partial charge in [-0.2, -0.15) is 0 Å². The third-order valence-corrected chi connectivity index (χ3v) is 6.70. The SMILES string of the molecule is COc1ccc(C(=O)Nc2cc(C(=O)NC3CCCCC3N)ccc2CN2CCCC2)cc1. The molecule has 1 aliphatic carbocycles.